The minimum atomic E-state index is -0.640. The highest BCUT2D eigenvalue weighted by Crippen LogP contribution is 2.18. The van der Waals surface area contributed by atoms with Crippen LogP contribution < -0.4 is 0 Å². The van der Waals surface area contributed by atoms with E-state index in [1.165, 1.54) is 0 Å². The van der Waals surface area contributed by atoms with Crippen LogP contribution in [0, 0.1) is 6.92 Å². The maximum absolute atomic E-state index is 9.98. The second-order valence-corrected chi connectivity index (χ2v) is 3.24. The Kier molecular flexibility index (Phi) is 2.33. The average molecular weight is 188 g/mol. The zero-order valence-corrected chi connectivity index (χ0v) is 7.96. The predicted molar refractivity (Wildman–Crippen MR) is 53.8 cm³/mol. The smallest absolute Gasteiger partial charge is 0.158 e. The molecule has 0 aliphatic heterocycles. The molecule has 0 bridgehead atoms. The summed E-state index contributed by atoms with van der Waals surface area (Å²) in [6, 6.07) is 7.78. The monoisotopic (exact) mass is 188 g/mol. The van der Waals surface area contributed by atoms with E-state index in [1.54, 1.807) is 23.3 Å². The Morgan fingerprint density at radius 2 is 2.14 bits per heavy atom. The highest BCUT2D eigenvalue weighted by Gasteiger charge is 2.10. The molecule has 1 atom stereocenters. The van der Waals surface area contributed by atoms with Gasteiger partial charge in [-0.2, -0.15) is 0 Å². The molecule has 0 saturated heterocycles. The summed E-state index contributed by atoms with van der Waals surface area (Å²) in [6.45, 7) is 1.98. The molecule has 0 fully saturated rings. The fourth-order valence-electron chi connectivity index (χ4n) is 1.45. The summed E-state index contributed by atoms with van der Waals surface area (Å²) >= 11 is 0. The van der Waals surface area contributed by atoms with Gasteiger partial charge in [0.1, 0.15) is 0 Å². The first kappa shape index (κ1) is 8.97. The Bertz CT molecular complexity index is 409. The van der Waals surface area contributed by atoms with Crippen LogP contribution in [0.25, 0.3) is 0 Å². The van der Waals surface area contributed by atoms with E-state index in [0.29, 0.717) is 0 Å². The standard InChI is InChI=1S/C11H12N2O/c1-9-4-2-3-5-10(9)11(14)13-7-6-12-8-13/h2-8,11,14H,1H3. The van der Waals surface area contributed by atoms with Gasteiger partial charge in [0, 0.05) is 18.0 Å². The first-order chi connectivity index (χ1) is 6.79. The first-order valence-corrected chi connectivity index (χ1v) is 4.50. The summed E-state index contributed by atoms with van der Waals surface area (Å²) in [5, 5.41) is 9.98. The Hall–Kier alpha value is -1.61. The number of aliphatic hydroxyl groups excluding tert-OH is 1. The van der Waals surface area contributed by atoms with Gasteiger partial charge in [-0.1, -0.05) is 24.3 Å². The summed E-state index contributed by atoms with van der Waals surface area (Å²) in [4.78, 5) is 3.90. The zero-order valence-electron chi connectivity index (χ0n) is 7.96. The van der Waals surface area contributed by atoms with Gasteiger partial charge in [-0.3, -0.25) is 0 Å². The van der Waals surface area contributed by atoms with Gasteiger partial charge in [-0.05, 0) is 12.5 Å². The van der Waals surface area contributed by atoms with Crippen molar-refractivity contribution in [2.45, 2.75) is 13.2 Å². The fraction of sp³-hybridized carbons (Fsp3) is 0.182. The van der Waals surface area contributed by atoms with Crippen molar-refractivity contribution in [2.75, 3.05) is 0 Å². The number of imidazole rings is 1. The molecule has 1 heterocycles. The molecule has 0 radical (unpaired) electrons. The quantitative estimate of drug-likeness (QED) is 0.779. The van der Waals surface area contributed by atoms with Crippen LogP contribution >= 0.6 is 0 Å². The third-order valence-corrected chi connectivity index (χ3v) is 2.27. The molecule has 2 rings (SSSR count). The number of aliphatic hydroxyl groups is 1. The molecule has 0 aliphatic rings. The van der Waals surface area contributed by atoms with Crippen LogP contribution in [0.2, 0.25) is 0 Å². The van der Waals surface area contributed by atoms with Crippen molar-refractivity contribution in [2.24, 2.45) is 0 Å². The first-order valence-electron chi connectivity index (χ1n) is 4.50. The Balaban J connectivity index is 2.37. The number of nitrogens with zero attached hydrogens (tertiary/aromatic N) is 2. The maximum atomic E-state index is 9.98. The SMILES string of the molecule is Cc1ccccc1C(O)n1ccnc1. The zero-order chi connectivity index (χ0) is 9.97. The summed E-state index contributed by atoms with van der Waals surface area (Å²) in [7, 11) is 0. The number of rotatable bonds is 2. The summed E-state index contributed by atoms with van der Waals surface area (Å²) in [5.74, 6) is 0. The lowest BCUT2D eigenvalue weighted by molar-refractivity contribution is 0.145. The summed E-state index contributed by atoms with van der Waals surface area (Å²) in [5.41, 5.74) is 1.99. The normalized spacial score (nSPS) is 12.7. The predicted octanol–water partition coefficient (Wildman–Crippen LogP) is 1.73. The van der Waals surface area contributed by atoms with Crippen LogP contribution in [0.15, 0.2) is 43.0 Å². The van der Waals surface area contributed by atoms with E-state index in [9.17, 15) is 5.11 Å². The lowest BCUT2D eigenvalue weighted by Gasteiger charge is -2.14. The molecule has 0 amide bonds. The van der Waals surface area contributed by atoms with E-state index in [-0.39, 0.29) is 0 Å². The Morgan fingerprint density at radius 1 is 1.36 bits per heavy atom. The molecular weight excluding hydrogens is 176 g/mol. The molecule has 1 unspecified atom stereocenters. The van der Waals surface area contributed by atoms with Crippen molar-refractivity contribution in [3.8, 4) is 0 Å². The van der Waals surface area contributed by atoms with Gasteiger partial charge in [0.2, 0.25) is 0 Å². The second kappa shape index (κ2) is 3.64. The van der Waals surface area contributed by atoms with Crippen LogP contribution in [0.4, 0.5) is 0 Å². The molecular formula is C11H12N2O. The van der Waals surface area contributed by atoms with Crippen molar-refractivity contribution >= 4 is 0 Å². The van der Waals surface area contributed by atoms with Crippen molar-refractivity contribution in [3.05, 3.63) is 54.1 Å². The third-order valence-electron chi connectivity index (χ3n) is 2.27. The third kappa shape index (κ3) is 1.54. The number of aromatic nitrogens is 2. The van der Waals surface area contributed by atoms with E-state index >= 15 is 0 Å². The molecule has 1 aromatic carbocycles. The molecule has 1 aromatic heterocycles. The van der Waals surface area contributed by atoms with Crippen molar-refractivity contribution in [3.63, 3.8) is 0 Å². The van der Waals surface area contributed by atoms with Crippen LogP contribution in [0.3, 0.4) is 0 Å². The van der Waals surface area contributed by atoms with Crippen molar-refractivity contribution in [1.82, 2.24) is 9.55 Å². The summed E-state index contributed by atoms with van der Waals surface area (Å²) in [6.07, 6.45) is 4.37. The maximum Gasteiger partial charge on any atom is 0.158 e. The van der Waals surface area contributed by atoms with Crippen molar-refractivity contribution < 1.29 is 5.11 Å². The van der Waals surface area contributed by atoms with Gasteiger partial charge < -0.3 is 9.67 Å². The summed E-state index contributed by atoms with van der Waals surface area (Å²) < 4.78 is 1.67. The molecule has 2 aromatic rings. The van der Waals surface area contributed by atoms with E-state index in [4.69, 9.17) is 0 Å². The molecule has 14 heavy (non-hydrogen) atoms. The van der Waals surface area contributed by atoms with Gasteiger partial charge >= 0.3 is 0 Å². The molecule has 3 heteroatoms. The van der Waals surface area contributed by atoms with Crippen LogP contribution in [-0.2, 0) is 0 Å². The second-order valence-electron chi connectivity index (χ2n) is 3.24. The van der Waals surface area contributed by atoms with Crippen LogP contribution in [-0.4, -0.2) is 14.7 Å². The fourth-order valence-corrected chi connectivity index (χ4v) is 1.45. The van der Waals surface area contributed by atoms with Gasteiger partial charge in [0.05, 0.1) is 6.33 Å². The molecule has 0 spiro atoms. The van der Waals surface area contributed by atoms with E-state index < -0.39 is 6.23 Å². The number of hydrogen-bond donors (Lipinski definition) is 1. The van der Waals surface area contributed by atoms with Crippen LogP contribution in [0.5, 0.6) is 0 Å². The lowest BCUT2D eigenvalue weighted by atomic mass is 10.1. The molecule has 72 valence electrons. The van der Waals surface area contributed by atoms with Crippen molar-refractivity contribution in [1.29, 1.82) is 0 Å². The van der Waals surface area contributed by atoms with E-state index in [1.807, 2.05) is 31.2 Å². The number of aryl methyl sites for hydroxylation is 1. The lowest BCUT2D eigenvalue weighted by Crippen LogP contribution is -2.08. The van der Waals surface area contributed by atoms with Gasteiger partial charge in [-0.15, -0.1) is 0 Å². The van der Waals surface area contributed by atoms with Gasteiger partial charge in [-0.25, -0.2) is 4.98 Å². The molecule has 0 saturated carbocycles. The van der Waals surface area contributed by atoms with E-state index in [0.717, 1.165) is 11.1 Å². The topological polar surface area (TPSA) is 38.0 Å². The highest BCUT2D eigenvalue weighted by molar-refractivity contribution is 5.27. The van der Waals surface area contributed by atoms with E-state index in [2.05, 4.69) is 4.98 Å². The molecule has 0 aliphatic carbocycles. The minimum Gasteiger partial charge on any atom is -0.369 e. The van der Waals surface area contributed by atoms with Crippen LogP contribution in [0.1, 0.15) is 17.4 Å². The number of hydrogen-bond acceptors (Lipinski definition) is 2. The molecule has 1 N–H and O–H groups in total. The Morgan fingerprint density at radius 3 is 2.79 bits per heavy atom. The van der Waals surface area contributed by atoms with Gasteiger partial charge in [0.25, 0.3) is 0 Å². The average Bonchev–Trinajstić information content (AvgIpc) is 2.70. The highest BCUT2D eigenvalue weighted by atomic mass is 16.3. The molecule has 3 nitrogen and oxygen atoms in total. The largest absolute Gasteiger partial charge is 0.369 e. The number of benzene rings is 1. The van der Waals surface area contributed by atoms with Gasteiger partial charge in [0.15, 0.2) is 6.23 Å². The Labute approximate surface area is 82.7 Å². The minimum absolute atomic E-state index is 0.640.